The van der Waals surface area contributed by atoms with Crippen LogP contribution in [-0.4, -0.2) is 38.0 Å². The molecular weight excluding hydrogens is 679 g/mol. The lowest BCUT2D eigenvalue weighted by Crippen LogP contribution is -2.24. The summed E-state index contributed by atoms with van der Waals surface area (Å²) in [6.07, 6.45) is 8.06. The van der Waals surface area contributed by atoms with Crippen LogP contribution < -0.4 is 0 Å². The zero-order valence-corrected chi connectivity index (χ0v) is 29.7. The van der Waals surface area contributed by atoms with Crippen molar-refractivity contribution >= 4 is 62.6 Å². The lowest BCUT2D eigenvalue weighted by molar-refractivity contribution is -0.139. The molecule has 2 fully saturated rings. The maximum absolute atomic E-state index is 12.3. The molecule has 9 heteroatoms. The van der Waals surface area contributed by atoms with Crippen LogP contribution in [0.15, 0.2) is 36.4 Å². The fourth-order valence-electron chi connectivity index (χ4n) is 6.54. The van der Waals surface area contributed by atoms with Gasteiger partial charge in [0.15, 0.2) is 11.6 Å². The molecule has 2 aromatic rings. The Morgan fingerprint density at radius 1 is 0.733 bits per heavy atom. The van der Waals surface area contributed by atoms with Gasteiger partial charge in [-0.15, -0.1) is 0 Å². The SMILES string of the molecule is CC(C)(Br)C(=O)c1ccc(C2CCC(CC(=O)O)CC2)c(Cl)c1.CC(C)C(=O)c1ccc(C2CCC(CC(=O)O)CC2)c(Cl)c1. The highest BCUT2D eigenvalue weighted by Gasteiger charge is 2.29. The lowest BCUT2D eigenvalue weighted by Gasteiger charge is -2.28. The maximum atomic E-state index is 12.3. The number of carbonyl (C=O) groups excluding carboxylic acids is 2. The molecule has 0 amide bonds. The fraction of sp³-hybridized carbons (Fsp3) is 0.556. The monoisotopic (exact) mass is 722 g/mol. The van der Waals surface area contributed by atoms with Gasteiger partial charge >= 0.3 is 11.9 Å². The molecule has 0 heterocycles. The van der Waals surface area contributed by atoms with E-state index >= 15 is 0 Å². The molecule has 2 aliphatic carbocycles. The summed E-state index contributed by atoms with van der Waals surface area (Å²) in [4.78, 5) is 45.9. The molecule has 0 radical (unpaired) electrons. The summed E-state index contributed by atoms with van der Waals surface area (Å²) in [5.74, 6) is -0.0470. The molecule has 45 heavy (non-hydrogen) atoms. The van der Waals surface area contributed by atoms with Crippen LogP contribution in [0, 0.1) is 17.8 Å². The summed E-state index contributed by atoms with van der Waals surface area (Å²) >= 11 is 16.2. The Balaban J connectivity index is 0.000000246. The standard InChI is InChI=1S/C18H22BrClO3.C18H23ClO3/c1-18(2,19)17(23)13-7-8-14(15(20)10-13)12-5-3-11(4-6-12)9-16(21)22;1-11(2)18(22)14-7-8-15(16(19)10-14)13-5-3-12(4-6-13)9-17(20)21/h7-8,10-12H,3-6,9H2,1-2H3,(H,21,22);7-8,10-13H,3-6,9H2,1-2H3,(H,20,21). The van der Waals surface area contributed by atoms with Gasteiger partial charge in [-0.05, 0) is 112 Å². The van der Waals surface area contributed by atoms with Gasteiger partial charge in [0.25, 0.3) is 0 Å². The number of hydrogen-bond acceptors (Lipinski definition) is 4. The predicted molar refractivity (Wildman–Crippen MR) is 183 cm³/mol. The van der Waals surface area contributed by atoms with Gasteiger partial charge in [0.2, 0.25) is 0 Å². The zero-order valence-electron chi connectivity index (χ0n) is 26.6. The van der Waals surface area contributed by atoms with Crippen molar-refractivity contribution < 1.29 is 29.4 Å². The van der Waals surface area contributed by atoms with Gasteiger partial charge in [-0.3, -0.25) is 19.2 Å². The van der Waals surface area contributed by atoms with Crippen LogP contribution in [-0.2, 0) is 9.59 Å². The van der Waals surface area contributed by atoms with Gasteiger partial charge in [0, 0.05) is 39.9 Å². The smallest absolute Gasteiger partial charge is 0.303 e. The summed E-state index contributed by atoms with van der Waals surface area (Å²) in [5.41, 5.74) is 3.45. The summed E-state index contributed by atoms with van der Waals surface area (Å²) < 4.78 is -0.604. The molecule has 0 bridgehead atoms. The number of carboxylic acids is 2. The van der Waals surface area contributed by atoms with E-state index in [2.05, 4.69) is 15.9 Å². The zero-order chi connectivity index (χ0) is 33.5. The second-order valence-electron chi connectivity index (χ2n) is 13.4. The molecule has 0 aliphatic heterocycles. The molecule has 0 spiro atoms. The second-order valence-corrected chi connectivity index (χ2v) is 16.2. The topological polar surface area (TPSA) is 109 Å². The third kappa shape index (κ3) is 10.9. The number of ketones is 2. The van der Waals surface area contributed by atoms with Gasteiger partial charge in [0.1, 0.15) is 0 Å². The Kier molecular flexibility index (Phi) is 13.7. The molecule has 6 nitrogen and oxygen atoms in total. The van der Waals surface area contributed by atoms with E-state index < -0.39 is 16.3 Å². The van der Waals surface area contributed by atoms with E-state index in [-0.39, 0.29) is 42.2 Å². The highest BCUT2D eigenvalue weighted by Crippen LogP contribution is 2.41. The van der Waals surface area contributed by atoms with Gasteiger partial charge in [0.05, 0.1) is 4.32 Å². The first-order chi connectivity index (χ1) is 21.1. The van der Waals surface area contributed by atoms with Crippen LogP contribution >= 0.6 is 39.1 Å². The largest absolute Gasteiger partial charge is 0.481 e. The van der Waals surface area contributed by atoms with Crippen LogP contribution in [0.5, 0.6) is 0 Å². The van der Waals surface area contributed by atoms with Crippen molar-refractivity contribution in [3.8, 4) is 0 Å². The molecule has 4 rings (SSSR count). The number of rotatable bonds is 10. The van der Waals surface area contributed by atoms with Crippen molar-refractivity contribution in [2.24, 2.45) is 17.8 Å². The van der Waals surface area contributed by atoms with E-state index in [1.54, 1.807) is 12.1 Å². The molecule has 0 atom stereocenters. The Hall–Kier alpha value is -2.22. The van der Waals surface area contributed by atoms with E-state index in [1.165, 1.54) is 0 Å². The molecule has 2 aromatic carbocycles. The molecule has 0 unspecified atom stereocenters. The number of carbonyl (C=O) groups is 4. The highest BCUT2D eigenvalue weighted by atomic mass is 79.9. The number of alkyl halides is 1. The molecule has 2 saturated carbocycles. The number of benzene rings is 2. The number of hydrogen-bond donors (Lipinski definition) is 2. The van der Waals surface area contributed by atoms with Crippen LogP contribution in [0.1, 0.15) is 136 Å². The molecular formula is C36H45BrCl2O6. The second kappa shape index (κ2) is 16.6. The van der Waals surface area contributed by atoms with Crippen molar-refractivity contribution in [3.63, 3.8) is 0 Å². The quantitative estimate of drug-likeness (QED) is 0.187. The van der Waals surface area contributed by atoms with Crippen LogP contribution in [0.3, 0.4) is 0 Å². The Morgan fingerprint density at radius 3 is 1.44 bits per heavy atom. The first kappa shape index (κ1) is 37.2. The van der Waals surface area contributed by atoms with E-state index in [0.29, 0.717) is 33.0 Å². The first-order valence-electron chi connectivity index (χ1n) is 15.9. The average Bonchev–Trinajstić information content (AvgIpc) is 2.96. The predicted octanol–water partition coefficient (Wildman–Crippen LogP) is 10.4. The van der Waals surface area contributed by atoms with Crippen LogP contribution in [0.25, 0.3) is 0 Å². The molecule has 2 aliphatic rings. The Bertz CT molecular complexity index is 1370. The van der Waals surface area contributed by atoms with E-state index in [9.17, 15) is 19.2 Å². The van der Waals surface area contributed by atoms with Crippen molar-refractivity contribution in [1.82, 2.24) is 0 Å². The lowest BCUT2D eigenvalue weighted by atomic mass is 9.77. The van der Waals surface area contributed by atoms with Gasteiger partial charge in [-0.25, -0.2) is 0 Å². The molecule has 0 aromatic heterocycles. The number of Topliss-reactive ketones (excluding diaryl/α,β-unsaturated/α-hetero) is 2. The third-order valence-corrected chi connectivity index (χ3v) is 10.1. The molecule has 2 N–H and O–H groups in total. The van der Waals surface area contributed by atoms with E-state index in [0.717, 1.165) is 62.5 Å². The van der Waals surface area contributed by atoms with Crippen molar-refractivity contribution in [2.75, 3.05) is 0 Å². The summed E-state index contributed by atoms with van der Waals surface area (Å²) in [6.45, 7) is 7.41. The molecule has 0 saturated heterocycles. The number of aliphatic carboxylic acids is 2. The van der Waals surface area contributed by atoms with Crippen molar-refractivity contribution in [3.05, 3.63) is 68.7 Å². The summed E-state index contributed by atoms with van der Waals surface area (Å²) in [5, 5.41) is 19.0. The third-order valence-electron chi connectivity index (χ3n) is 9.11. The summed E-state index contributed by atoms with van der Waals surface area (Å²) in [7, 11) is 0. The van der Waals surface area contributed by atoms with Crippen molar-refractivity contribution in [2.45, 2.75) is 108 Å². The Labute approximate surface area is 285 Å². The number of halogens is 3. The fourth-order valence-corrected chi connectivity index (χ4v) is 7.44. The number of carboxylic acid groups (broad SMARTS) is 2. The normalized spacial score (nSPS) is 21.9. The van der Waals surface area contributed by atoms with Crippen molar-refractivity contribution in [1.29, 1.82) is 0 Å². The van der Waals surface area contributed by atoms with Gasteiger partial charge in [-0.2, -0.15) is 0 Å². The molecule has 246 valence electrons. The van der Waals surface area contributed by atoms with Gasteiger partial charge in [-0.1, -0.05) is 77.2 Å². The minimum atomic E-state index is -0.716. The Morgan fingerprint density at radius 2 is 1.11 bits per heavy atom. The van der Waals surface area contributed by atoms with E-state index in [4.69, 9.17) is 33.4 Å². The average molecular weight is 725 g/mol. The van der Waals surface area contributed by atoms with Gasteiger partial charge < -0.3 is 10.2 Å². The maximum Gasteiger partial charge on any atom is 0.303 e. The summed E-state index contributed by atoms with van der Waals surface area (Å²) in [6, 6.07) is 11.2. The van der Waals surface area contributed by atoms with E-state index in [1.807, 2.05) is 52.0 Å². The van der Waals surface area contributed by atoms with Crippen LogP contribution in [0.2, 0.25) is 10.0 Å². The minimum absolute atomic E-state index is 0.0103. The van der Waals surface area contributed by atoms with Crippen LogP contribution in [0.4, 0.5) is 0 Å². The minimum Gasteiger partial charge on any atom is -0.481 e. The first-order valence-corrected chi connectivity index (χ1v) is 17.4. The highest BCUT2D eigenvalue weighted by molar-refractivity contribution is 9.10.